The summed E-state index contributed by atoms with van der Waals surface area (Å²) < 4.78 is 0. The first kappa shape index (κ1) is 16.8. The smallest absolute Gasteiger partial charge is 0.188 e. The molecule has 0 radical (unpaired) electrons. The molecule has 20 heavy (non-hydrogen) atoms. The van der Waals surface area contributed by atoms with Crippen molar-refractivity contribution in [2.45, 2.75) is 26.7 Å². The third kappa shape index (κ3) is 4.13. The number of halogens is 1. The lowest BCUT2D eigenvalue weighted by Gasteiger charge is -2.05. The Bertz CT molecular complexity index is 574. The molecule has 0 aliphatic heterocycles. The van der Waals surface area contributed by atoms with Gasteiger partial charge in [0.25, 0.3) is 0 Å². The normalized spacial score (nSPS) is 11.4. The number of aromatic amines is 1. The molecule has 0 unspecified atom stereocenters. The highest BCUT2D eigenvalue weighted by atomic mass is 127. The average Bonchev–Trinajstić information content (AvgIpc) is 2.81. The van der Waals surface area contributed by atoms with Gasteiger partial charge in [0.05, 0.1) is 0 Å². The van der Waals surface area contributed by atoms with Crippen LogP contribution in [0.4, 0.5) is 0 Å². The summed E-state index contributed by atoms with van der Waals surface area (Å²) in [5.74, 6) is 0.540. The number of hydrogen-bond acceptors (Lipinski definition) is 1. The summed E-state index contributed by atoms with van der Waals surface area (Å²) in [5, 5.41) is 4.48. The zero-order valence-electron chi connectivity index (χ0n) is 12.1. The van der Waals surface area contributed by atoms with E-state index >= 15 is 0 Å². The van der Waals surface area contributed by atoms with Gasteiger partial charge in [-0.05, 0) is 37.0 Å². The standard InChI is InChI=1S/C15H22N4.HI/c1-3-8-17-15(16)18-9-7-12-10-19-13-6-4-5-11(2)14(12)13;/h4-6,10,19H,3,7-9H2,1-2H3,(H3,16,17,18);1H. The second-order valence-electron chi connectivity index (χ2n) is 4.76. The highest BCUT2D eigenvalue weighted by Gasteiger charge is 2.05. The Labute approximate surface area is 137 Å². The van der Waals surface area contributed by atoms with Crippen LogP contribution >= 0.6 is 24.0 Å². The fraction of sp³-hybridized carbons (Fsp3) is 0.400. The van der Waals surface area contributed by atoms with Gasteiger partial charge in [-0.3, -0.25) is 4.99 Å². The number of nitrogens with two attached hydrogens (primary N) is 1. The lowest BCUT2D eigenvalue weighted by molar-refractivity contribution is 0.842. The molecule has 5 heteroatoms. The van der Waals surface area contributed by atoms with Gasteiger partial charge in [-0.1, -0.05) is 19.1 Å². The van der Waals surface area contributed by atoms with Gasteiger partial charge in [0.15, 0.2) is 5.96 Å². The van der Waals surface area contributed by atoms with Gasteiger partial charge < -0.3 is 16.0 Å². The van der Waals surface area contributed by atoms with Gasteiger partial charge in [-0.15, -0.1) is 24.0 Å². The molecule has 1 aromatic carbocycles. The third-order valence-electron chi connectivity index (χ3n) is 3.20. The maximum atomic E-state index is 5.77. The van der Waals surface area contributed by atoms with Crippen LogP contribution in [-0.2, 0) is 6.42 Å². The maximum Gasteiger partial charge on any atom is 0.188 e. The first-order valence-corrected chi connectivity index (χ1v) is 6.81. The van der Waals surface area contributed by atoms with E-state index in [-0.39, 0.29) is 24.0 Å². The van der Waals surface area contributed by atoms with Crippen molar-refractivity contribution >= 4 is 40.8 Å². The second-order valence-corrected chi connectivity index (χ2v) is 4.76. The Balaban J connectivity index is 0.00000200. The quantitative estimate of drug-likeness (QED) is 0.420. The Hall–Kier alpha value is -1.24. The van der Waals surface area contributed by atoms with Crippen LogP contribution in [0.15, 0.2) is 29.4 Å². The Morgan fingerprint density at radius 3 is 2.95 bits per heavy atom. The van der Waals surface area contributed by atoms with Crippen molar-refractivity contribution in [3.63, 3.8) is 0 Å². The number of nitrogens with zero attached hydrogens (tertiary/aromatic N) is 1. The lowest BCUT2D eigenvalue weighted by atomic mass is 10.1. The highest BCUT2D eigenvalue weighted by molar-refractivity contribution is 14.0. The van der Waals surface area contributed by atoms with Crippen molar-refractivity contribution in [3.05, 3.63) is 35.5 Å². The molecule has 0 saturated carbocycles. The Morgan fingerprint density at radius 1 is 1.40 bits per heavy atom. The van der Waals surface area contributed by atoms with Gasteiger partial charge in [0, 0.05) is 30.2 Å². The summed E-state index contributed by atoms with van der Waals surface area (Å²) in [7, 11) is 0. The average molecular weight is 386 g/mol. The van der Waals surface area contributed by atoms with Crippen LogP contribution in [-0.4, -0.2) is 24.0 Å². The zero-order chi connectivity index (χ0) is 13.7. The molecular formula is C15H23IN4. The molecule has 2 aromatic rings. The van der Waals surface area contributed by atoms with Crippen molar-refractivity contribution in [2.75, 3.05) is 13.1 Å². The molecule has 0 atom stereocenters. The number of aryl methyl sites for hydroxylation is 1. The molecule has 4 nitrogen and oxygen atoms in total. The second kappa shape index (κ2) is 8.14. The largest absolute Gasteiger partial charge is 0.370 e. The summed E-state index contributed by atoms with van der Waals surface area (Å²) in [4.78, 5) is 7.53. The van der Waals surface area contributed by atoms with Crippen LogP contribution < -0.4 is 11.1 Å². The Morgan fingerprint density at radius 2 is 2.20 bits per heavy atom. The minimum atomic E-state index is 0. The summed E-state index contributed by atoms with van der Waals surface area (Å²) in [5.41, 5.74) is 9.60. The summed E-state index contributed by atoms with van der Waals surface area (Å²) in [6, 6.07) is 6.33. The number of aromatic nitrogens is 1. The molecule has 0 bridgehead atoms. The molecule has 0 aliphatic carbocycles. The number of rotatable bonds is 5. The number of H-pyrrole nitrogens is 1. The van der Waals surface area contributed by atoms with Crippen molar-refractivity contribution in [1.29, 1.82) is 0 Å². The summed E-state index contributed by atoms with van der Waals surface area (Å²) >= 11 is 0. The number of aliphatic imine (C=N–C) groups is 1. The number of fused-ring (bicyclic) bond motifs is 1. The fourth-order valence-electron chi connectivity index (χ4n) is 2.26. The number of hydrogen-bond donors (Lipinski definition) is 3. The molecule has 110 valence electrons. The van der Waals surface area contributed by atoms with Crippen LogP contribution in [0, 0.1) is 6.92 Å². The Kier molecular flexibility index (Phi) is 6.84. The SMILES string of the molecule is CCCN=C(N)NCCc1c[nH]c2cccc(C)c12.I. The van der Waals surface area contributed by atoms with Gasteiger partial charge in [0.1, 0.15) is 0 Å². The topological polar surface area (TPSA) is 66.2 Å². The van der Waals surface area contributed by atoms with Crippen molar-refractivity contribution in [3.8, 4) is 0 Å². The molecule has 1 aromatic heterocycles. The van der Waals surface area contributed by atoms with E-state index in [0.717, 1.165) is 25.9 Å². The van der Waals surface area contributed by atoms with E-state index in [1.807, 2.05) is 0 Å². The highest BCUT2D eigenvalue weighted by Crippen LogP contribution is 2.22. The number of guanidine groups is 1. The summed E-state index contributed by atoms with van der Waals surface area (Å²) in [6.07, 6.45) is 4.04. The van der Waals surface area contributed by atoms with E-state index in [9.17, 15) is 0 Å². The van der Waals surface area contributed by atoms with E-state index < -0.39 is 0 Å². The molecular weight excluding hydrogens is 363 g/mol. The molecule has 0 fully saturated rings. The van der Waals surface area contributed by atoms with Crippen LogP contribution in [0.5, 0.6) is 0 Å². The van der Waals surface area contributed by atoms with Gasteiger partial charge >= 0.3 is 0 Å². The molecule has 4 N–H and O–H groups in total. The molecule has 0 saturated heterocycles. The van der Waals surface area contributed by atoms with E-state index in [0.29, 0.717) is 5.96 Å². The van der Waals surface area contributed by atoms with Crippen molar-refractivity contribution in [2.24, 2.45) is 10.7 Å². The first-order valence-electron chi connectivity index (χ1n) is 6.81. The molecule has 0 aliphatic rings. The molecule has 1 heterocycles. The third-order valence-corrected chi connectivity index (χ3v) is 3.20. The molecule has 2 rings (SSSR count). The first-order chi connectivity index (χ1) is 9.22. The van der Waals surface area contributed by atoms with Crippen LogP contribution in [0.1, 0.15) is 24.5 Å². The van der Waals surface area contributed by atoms with E-state index in [1.54, 1.807) is 0 Å². The molecule has 0 amide bonds. The predicted molar refractivity (Wildman–Crippen MR) is 96.9 cm³/mol. The van der Waals surface area contributed by atoms with Crippen LogP contribution in [0.3, 0.4) is 0 Å². The van der Waals surface area contributed by atoms with Gasteiger partial charge in [0.2, 0.25) is 0 Å². The lowest BCUT2D eigenvalue weighted by Crippen LogP contribution is -2.33. The van der Waals surface area contributed by atoms with Gasteiger partial charge in [-0.2, -0.15) is 0 Å². The predicted octanol–water partition coefficient (Wildman–Crippen LogP) is 2.95. The molecule has 0 spiro atoms. The zero-order valence-corrected chi connectivity index (χ0v) is 14.4. The van der Waals surface area contributed by atoms with Crippen molar-refractivity contribution in [1.82, 2.24) is 10.3 Å². The van der Waals surface area contributed by atoms with E-state index in [2.05, 4.69) is 53.5 Å². The minimum Gasteiger partial charge on any atom is -0.370 e. The van der Waals surface area contributed by atoms with Crippen LogP contribution in [0.2, 0.25) is 0 Å². The van der Waals surface area contributed by atoms with Crippen LogP contribution in [0.25, 0.3) is 10.9 Å². The number of nitrogens with one attached hydrogen (secondary N) is 2. The monoisotopic (exact) mass is 386 g/mol. The fourth-order valence-corrected chi connectivity index (χ4v) is 2.26. The summed E-state index contributed by atoms with van der Waals surface area (Å²) in [6.45, 7) is 5.82. The van der Waals surface area contributed by atoms with E-state index in [1.165, 1.54) is 22.0 Å². The van der Waals surface area contributed by atoms with Crippen molar-refractivity contribution < 1.29 is 0 Å². The number of benzene rings is 1. The van der Waals surface area contributed by atoms with E-state index in [4.69, 9.17) is 5.73 Å². The maximum absolute atomic E-state index is 5.77. The van der Waals surface area contributed by atoms with Gasteiger partial charge in [-0.25, -0.2) is 0 Å². The minimum absolute atomic E-state index is 0.